The van der Waals surface area contributed by atoms with E-state index in [0.29, 0.717) is 13.1 Å². The van der Waals surface area contributed by atoms with Crippen LogP contribution in [0.4, 0.5) is 8.78 Å². The number of nitrogens with zero attached hydrogens (tertiary/aromatic N) is 2. The van der Waals surface area contributed by atoms with Crippen LogP contribution in [0.25, 0.3) is 0 Å². The molecular weight excluding hydrogens is 393 g/mol. The van der Waals surface area contributed by atoms with E-state index in [1.165, 1.54) is 8.12 Å². The molecule has 0 unspecified atom stereocenters. The summed E-state index contributed by atoms with van der Waals surface area (Å²) >= 11 is 3.35. The van der Waals surface area contributed by atoms with E-state index in [1.54, 1.807) is 4.90 Å². The van der Waals surface area contributed by atoms with Gasteiger partial charge in [-0.15, -0.1) is 0 Å². The number of fused-ring (bicyclic) bond motifs is 1. The summed E-state index contributed by atoms with van der Waals surface area (Å²) in [6, 6.07) is 0. The van der Waals surface area contributed by atoms with E-state index >= 15 is 0 Å². The minimum atomic E-state index is -2.29. The maximum atomic E-state index is 12.4. The molecule has 0 spiro atoms. The molecule has 1 fully saturated rings. The molecule has 0 amide bonds. The molecule has 0 saturated carbocycles. The van der Waals surface area contributed by atoms with Crippen LogP contribution in [0.5, 0.6) is 0 Å². The molecule has 16 heavy (non-hydrogen) atoms. The third-order valence-electron chi connectivity index (χ3n) is 2.53. The van der Waals surface area contributed by atoms with Gasteiger partial charge in [-0.25, -0.2) is 8.78 Å². The highest BCUT2D eigenvalue weighted by Crippen LogP contribution is 2.33. The topological polar surface area (TPSA) is 6.48 Å². The van der Waals surface area contributed by atoms with E-state index in [2.05, 4.69) is 31.7 Å². The van der Waals surface area contributed by atoms with Crippen LogP contribution in [-0.4, -0.2) is 36.5 Å². The number of halogens is 4. The Bertz CT molecular complexity index is 368. The van der Waals surface area contributed by atoms with E-state index in [4.69, 9.17) is 0 Å². The minimum Gasteiger partial charge on any atom is -0.368 e. The van der Waals surface area contributed by atoms with Gasteiger partial charge in [-0.2, -0.15) is 0 Å². The average Bonchev–Trinajstić information content (AvgIpc) is 2.46. The highest BCUT2D eigenvalue weighted by atomic mass is 127. The molecule has 0 bridgehead atoms. The van der Waals surface area contributed by atoms with Crippen LogP contribution in [0.1, 0.15) is 6.42 Å². The Balaban J connectivity index is 2.06. The summed E-state index contributed by atoms with van der Waals surface area (Å²) in [5.74, 6) is 0. The summed E-state index contributed by atoms with van der Waals surface area (Å²) in [5, 5.41) is 0. The normalized spacial score (nSPS) is 21.4. The zero-order valence-electron chi connectivity index (χ0n) is 8.60. The Morgan fingerprint density at radius 1 is 1.56 bits per heavy atom. The van der Waals surface area contributed by atoms with E-state index in [9.17, 15) is 8.78 Å². The second kappa shape index (κ2) is 5.12. The van der Waals surface area contributed by atoms with E-state index in [1.807, 2.05) is 0 Å². The predicted molar refractivity (Wildman–Crippen MR) is 74.1 cm³/mol. The molecule has 0 aromatic carbocycles. The fraction of sp³-hybridized carbons (Fsp3) is 0.500. The third kappa shape index (κ3) is 2.82. The Hall–Kier alpha value is 0.0200. The summed E-state index contributed by atoms with van der Waals surface area (Å²) in [6.45, 7) is 5.06. The van der Waals surface area contributed by atoms with Crippen molar-refractivity contribution >= 4 is 39.4 Å². The molecule has 0 aromatic heterocycles. The fourth-order valence-corrected chi connectivity index (χ4v) is 5.41. The van der Waals surface area contributed by atoms with E-state index in [0.717, 1.165) is 12.1 Å². The van der Waals surface area contributed by atoms with Gasteiger partial charge in [0.05, 0.1) is 15.5 Å². The molecule has 2 nitrogen and oxygen atoms in total. The van der Waals surface area contributed by atoms with Gasteiger partial charge >= 0.3 is 0 Å². The highest BCUT2D eigenvalue weighted by Gasteiger charge is 2.24. The van der Waals surface area contributed by atoms with Crippen molar-refractivity contribution in [3.05, 3.63) is 24.0 Å². The Kier molecular flexibility index (Phi) is 3.99. The highest BCUT2D eigenvalue weighted by molar-refractivity contribution is 14.2. The predicted octanol–water partition coefficient (Wildman–Crippen LogP) is 3.08. The van der Waals surface area contributed by atoms with E-state index in [-0.39, 0.29) is 27.5 Å². The molecule has 2 heterocycles. The van der Waals surface area contributed by atoms with Gasteiger partial charge in [0, 0.05) is 45.4 Å². The van der Waals surface area contributed by atoms with Crippen LogP contribution in [0.15, 0.2) is 24.0 Å². The molecule has 0 aliphatic carbocycles. The first-order valence-corrected chi connectivity index (χ1v) is 7.76. The lowest BCUT2D eigenvalue weighted by Crippen LogP contribution is -2.29. The monoisotopic (exact) mass is 404 g/mol. The third-order valence-corrected chi connectivity index (χ3v) is 5.98. The van der Waals surface area contributed by atoms with Gasteiger partial charge in [0.1, 0.15) is 0 Å². The SMILES string of the molecule is C=C1CN2I=C(Br)C=C2CCN1CC(F)F. The van der Waals surface area contributed by atoms with Crippen molar-refractivity contribution in [3.63, 3.8) is 0 Å². The lowest BCUT2D eigenvalue weighted by atomic mass is 10.3. The zero-order chi connectivity index (χ0) is 11.7. The van der Waals surface area contributed by atoms with Gasteiger partial charge in [-0.1, -0.05) is 6.58 Å². The maximum absolute atomic E-state index is 12.4. The number of hydrogen-bond donors (Lipinski definition) is 0. The Labute approximate surface area is 112 Å². The van der Waals surface area contributed by atoms with Gasteiger partial charge in [0.25, 0.3) is 6.43 Å². The van der Waals surface area contributed by atoms with Gasteiger partial charge in [-0.05, 0) is 22.0 Å². The van der Waals surface area contributed by atoms with Crippen LogP contribution in [0.2, 0.25) is 0 Å². The smallest absolute Gasteiger partial charge is 0.255 e. The van der Waals surface area contributed by atoms with Crippen molar-refractivity contribution < 1.29 is 8.78 Å². The molecule has 0 N–H and O–H groups in total. The molecule has 6 heteroatoms. The minimum absolute atomic E-state index is 0.168. The molecule has 1 saturated heterocycles. The summed E-state index contributed by atoms with van der Waals surface area (Å²) in [6.07, 6.45) is 0.680. The first kappa shape index (κ1) is 12.5. The van der Waals surface area contributed by atoms with Crippen LogP contribution < -0.4 is 0 Å². The Morgan fingerprint density at radius 3 is 3.00 bits per heavy atom. The van der Waals surface area contributed by atoms with Crippen LogP contribution >= 0.6 is 36.9 Å². The molecule has 0 aromatic rings. The lowest BCUT2D eigenvalue weighted by Gasteiger charge is -2.24. The average molecular weight is 405 g/mol. The molecule has 2 aliphatic rings. The van der Waals surface area contributed by atoms with Crippen LogP contribution in [-0.2, 0) is 0 Å². The molecular formula is C10H12BrF2IN2. The summed E-state index contributed by atoms with van der Waals surface area (Å²) in [4.78, 5) is 1.71. The van der Waals surface area contributed by atoms with Crippen molar-refractivity contribution in [3.8, 4) is 0 Å². The second-order valence-corrected chi connectivity index (χ2v) is 8.83. The van der Waals surface area contributed by atoms with Crippen LogP contribution in [0, 0.1) is 0 Å². The summed E-state index contributed by atoms with van der Waals surface area (Å²) < 4.78 is 28.3. The molecule has 0 radical (unpaired) electrons. The number of allylic oxidation sites excluding steroid dienone is 1. The van der Waals surface area contributed by atoms with Gasteiger partial charge in [0.2, 0.25) is 0 Å². The maximum Gasteiger partial charge on any atom is 0.255 e. The van der Waals surface area contributed by atoms with Crippen molar-refractivity contribution in [2.75, 3.05) is 19.6 Å². The van der Waals surface area contributed by atoms with Crippen LogP contribution in [0.3, 0.4) is 0 Å². The molecule has 2 aliphatic heterocycles. The first-order valence-electron chi connectivity index (χ1n) is 4.93. The summed E-state index contributed by atoms with van der Waals surface area (Å²) in [5.41, 5.74) is 2.07. The Morgan fingerprint density at radius 2 is 2.31 bits per heavy atom. The lowest BCUT2D eigenvalue weighted by molar-refractivity contribution is 0.104. The first-order chi connectivity index (χ1) is 7.56. The van der Waals surface area contributed by atoms with Crippen molar-refractivity contribution in [1.82, 2.24) is 8.01 Å². The summed E-state index contributed by atoms with van der Waals surface area (Å²) in [7, 11) is 0. The standard InChI is InChI=1S/C10H12BrF2IN2/c1-7-5-16-8(4-9(11)14-16)2-3-15(7)6-10(12)13/h4,10H,1-3,5-6H2. The van der Waals surface area contributed by atoms with Gasteiger partial charge < -0.3 is 8.01 Å². The van der Waals surface area contributed by atoms with Crippen molar-refractivity contribution in [2.24, 2.45) is 0 Å². The van der Waals surface area contributed by atoms with Crippen molar-refractivity contribution in [2.45, 2.75) is 12.8 Å². The quantitative estimate of drug-likeness (QED) is 0.515. The van der Waals surface area contributed by atoms with E-state index < -0.39 is 6.43 Å². The van der Waals surface area contributed by atoms with Crippen molar-refractivity contribution in [1.29, 1.82) is 0 Å². The van der Waals surface area contributed by atoms with Gasteiger partial charge in [-0.3, -0.25) is 0 Å². The number of alkyl halides is 2. The fourth-order valence-electron chi connectivity index (χ4n) is 1.75. The second-order valence-electron chi connectivity index (χ2n) is 3.68. The largest absolute Gasteiger partial charge is 0.368 e. The molecule has 90 valence electrons. The number of rotatable bonds is 2. The zero-order valence-corrected chi connectivity index (χ0v) is 12.3. The molecule has 2 rings (SSSR count). The number of hydrogen-bond acceptors (Lipinski definition) is 2. The molecule has 0 atom stereocenters. The van der Waals surface area contributed by atoms with Gasteiger partial charge in [0.15, 0.2) is 0 Å².